The number of rotatable bonds is 6. The lowest BCUT2D eigenvalue weighted by molar-refractivity contribution is 0.0114. The van der Waals surface area contributed by atoms with Gasteiger partial charge in [0.05, 0.1) is 24.0 Å². The van der Waals surface area contributed by atoms with Crippen molar-refractivity contribution in [3.63, 3.8) is 0 Å². The average Bonchev–Trinajstić information content (AvgIpc) is 3.57. The molecule has 1 saturated heterocycles. The second-order valence-electron chi connectivity index (χ2n) is 12.6. The number of fused-ring (bicyclic) bond motifs is 2. The Labute approximate surface area is 250 Å². The molecule has 3 heterocycles. The van der Waals surface area contributed by atoms with E-state index in [-0.39, 0.29) is 29.5 Å². The summed E-state index contributed by atoms with van der Waals surface area (Å²) >= 11 is 0. The minimum atomic E-state index is -0.543. The van der Waals surface area contributed by atoms with Crippen molar-refractivity contribution in [3.05, 3.63) is 36.2 Å². The number of carbonyl (C=O) groups is 2. The van der Waals surface area contributed by atoms with Crippen LogP contribution in [0.4, 0.5) is 16.2 Å². The van der Waals surface area contributed by atoms with Gasteiger partial charge in [0.2, 0.25) is 0 Å². The maximum absolute atomic E-state index is 13.6. The second kappa shape index (κ2) is 10.7. The highest BCUT2D eigenvalue weighted by atomic mass is 16.6. The van der Waals surface area contributed by atoms with E-state index in [1.807, 2.05) is 45.1 Å². The van der Waals surface area contributed by atoms with Crippen molar-refractivity contribution >= 4 is 45.2 Å². The molecule has 43 heavy (non-hydrogen) atoms. The van der Waals surface area contributed by atoms with Crippen LogP contribution in [0.1, 0.15) is 56.8 Å². The zero-order chi connectivity index (χ0) is 30.6. The molecule has 2 aromatic heterocycles. The number of methoxy groups -OCH3 is 1. The number of aryl methyl sites for hydroxylation is 2. The van der Waals surface area contributed by atoms with E-state index < -0.39 is 11.5 Å². The summed E-state index contributed by atoms with van der Waals surface area (Å²) in [6.07, 6.45) is 7.05. The van der Waals surface area contributed by atoms with Gasteiger partial charge in [-0.25, -0.2) is 4.79 Å². The third-order valence-electron chi connectivity index (χ3n) is 8.03. The standard InChI is InChI=1S/C31H39N7O5/c1-31(2,3)43-30(41)38(19-7-8-19)20-9-11-37(12-10-20)24-15-25(39)27(28-21(24)17-36(5)34-28)29(40)32-23-13-18-16-35(4)33-22(18)14-26(23)42-6/h13-17,19-20,39H,7-12H2,1-6H3,(H,32,40). The third-order valence-corrected chi connectivity index (χ3v) is 8.03. The molecule has 0 radical (unpaired) electrons. The number of aromatic nitrogens is 4. The summed E-state index contributed by atoms with van der Waals surface area (Å²) in [5.74, 6) is -0.191. The summed E-state index contributed by atoms with van der Waals surface area (Å²) in [5.41, 5.74) is 1.97. The van der Waals surface area contributed by atoms with Crippen LogP contribution in [0.5, 0.6) is 11.5 Å². The lowest BCUT2D eigenvalue weighted by Gasteiger charge is -2.40. The number of ether oxygens (including phenoxy) is 2. The van der Waals surface area contributed by atoms with Crippen LogP contribution >= 0.6 is 0 Å². The number of piperidine rings is 1. The minimum absolute atomic E-state index is 0.0902. The van der Waals surface area contributed by atoms with Gasteiger partial charge in [-0.15, -0.1) is 0 Å². The number of benzene rings is 2. The van der Waals surface area contributed by atoms with Crippen LogP contribution < -0.4 is 15.0 Å². The molecule has 0 unspecified atom stereocenters. The van der Waals surface area contributed by atoms with E-state index >= 15 is 0 Å². The molecule has 0 bridgehead atoms. The van der Waals surface area contributed by atoms with Gasteiger partial charge < -0.3 is 29.7 Å². The number of aromatic hydroxyl groups is 1. The van der Waals surface area contributed by atoms with Gasteiger partial charge >= 0.3 is 6.09 Å². The van der Waals surface area contributed by atoms with Gasteiger partial charge in [-0.2, -0.15) is 10.2 Å². The Bertz CT molecular complexity index is 1710. The Morgan fingerprint density at radius 3 is 2.33 bits per heavy atom. The maximum Gasteiger partial charge on any atom is 0.410 e. The lowest BCUT2D eigenvalue weighted by atomic mass is 10.0. The Balaban J connectivity index is 1.25. The summed E-state index contributed by atoms with van der Waals surface area (Å²) in [5, 5.41) is 24.7. The molecule has 2 N–H and O–H groups in total. The molecule has 12 heteroatoms. The van der Waals surface area contributed by atoms with Gasteiger partial charge in [0.25, 0.3) is 5.91 Å². The Morgan fingerprint density at radius 1 is 1.00 bits per heavy atom. The average molecular weight is 590 g/mol. The zero-order valence-electron chi connectivity index (χ0n) is 25.5. The molecule has 1 saturated carbocycles. The largest absolute Gasteiger partial charge is 0.507 e. The number of phenolic OH excluding ortho intramolecular Hbond substituents is 1. The fourth-order valence-corrected chi connectivity index (χ4v) is 6.02. The highest BCUT2D eigenvalue weighted by Gasteiger charge is 2.41. The summed E-state index contributed by atoms with van der Waals surface area (Å²) in [4.78, 5) is 30.8. The van der Waals surface area contributed by atoms with Crippen molar-refractivity contribution in [2.75, 3.05) is 30.4 Å². The predicted molar refractivity (Wildman–Crippen MR) is 164 cm³/mol. The summed E-state index contributed by atoms with van der Waals surface area (Å²) in [7, 11) is 5.15. The Hall–Kier alpha value is -4.48. The summed E-state index contributed by atoms with van der Waals surface area (Å²) in [6.45, 7) is 7.06. The number of amides is 2. The molecule has 1 aliphatic carbocycles. The van der Waals surface area contributed by atoms with E-state index in [1.54, 1.807) is 34.6 Å². The Morgan fingerprint density at radius 2 is 1.67 bits per heavy atom. The van der Waals surface area contributed by atoms with E-state index in [0.717, 1.165) is 47.7 Å². The molecule has 0 spiro atoms. The molecular weight excluding hydrogens is 550 g/mol. The van der Waals surface area contributed by atoms with Crippen LogP contribution in [-0.4, -0.2) is 79.5 Å². The summed E-state index contributed by atoms with van der Waals surface area (Å²) < 4.78 is 14.6. The van der Waals surface area contributed by atoms with Gasteiger partial charge in [0.15, 0.2) is 0 Å². The smallest absolute Gasteiger partial charge is 0.410 e. The van der Waals surface area contributed by atoms with E-state index in [0.29, 0.717) is 30.0 Å². The molecule has 4 aromatic rings. The highest BCUT2D eigenvalue weighted by molar-refractivity contribution is 6.16. The molecule has 0 atom stereocenters. The lowest BCUT2D eigenvalue weighted by Crippen LogP contribution is -2.50. The number of nitrogens with zero attached hydrogens (tertiary/aromatic N) is 6. The number of nitrogens with one attached hydrogen (secondary N) is 1. The van der Waals surface area contributed by atoms with Crippen LogP contribution in [0.3, 0.4) is 0 Å². The van der Waals surface area contributed by atoms with Gasteiger partial charge in [-0.3, -0.25) is 14.2 Å². The molecule has 2 aromatic carbocycles. The number of hydrogen-bond donors (Lipinski definition) is 2. The predicted octanol–water partition coefficient (Wildman–Crippen LogP) is 4.79. The van der Waals surface area contributed by atoms with Crippen LogP contribution in [-0.2, 0) is 18.8 Å². The van der Waals surface area contributed by atoms with Crippen molar-refractivity contribution in [2.24, 2.45) is 14.1 Å². The molecule has 2 fully saturated rings. The van der Waals surface area contributed by atoms with Gasteiger partial charge in [0, 0.05) is 74.6 Å². The van der Waals surface area contributed by atoms with Crippen molar-refractivity contribution < 1.29 is 24.2 Å². The van der Waals surface area contributed by atoms with Gasteiger partial charge in [-0.1, -0.05) is 0 Å². The van der Waals surface area contributed by atoms with Crippen molar-refractivity contribution in [2.45, 2.75) is 64.1 Å². The normalized spacial score (nSPS) is 16.1. The molecule has 12 nitrogen and oxygen atoms in total. The summed E-state index contributed by atoms with van der Waals surface area (Å²) in [6, 6.07) is 5.55. The number of carbonyl (C=O) groups excluding carboxylic acids is 2. The quantitative estimate of drug-likeness (QED) is 0.329. The van der Waals surface area contributed by atoms with Gasteiger partial charge in [0.1, 0.15) is 28.2 Å². The molecule has 6 rings (SSSR count). The number of phenols is 1. The van der Waals surface area contributed by atoms with Crippen molar-refractivity contribution in [1.82, 2.24) is 24.5 Å². The molecule has 228 valence electrons. The topological polar surface area (TPSA) is 127 Å². The molecule has 2 amide bonds. The van der Waals surface area contributed by atoms with Crippen molar-refractivity contribution in [1.29, 1.82) is 0 Å². The number of hydrogen-bond acceptors (Lipinski definition) is 8. The van der Waals surface area contributed by atoms with Gasteiger partial charge in [-0.05, 0) is 52.5 Å². The first-order valence-electron chi connectivity index (χ1n) is 14.7. The SMILES string of the molecule is COc1cc2nn(C)cc2cc1NC(=O)c1c(O)cc(N2CCC(N(C(=O)OC(C)(C)C)C3CC3)CC2)c2cn(C)nc12. The molecular formula is C31H39N7O5. The van der Waals surface area contributed by atoms with Crippen LogP contribution in [0, 0.1) is 0 Å². The monoisotopic (exact) mass is 589 g/mol. The van der Waals surface area contributed by atoms with Crippen molar-refractivity contribution in [3.8, 4) is 11.5 Å². The van der Waals surface area contributed by atoms with Crippen LogP contribution in [0.15, 0.2) is 30.6 Å². The highest BCUT2D eigenvalue weighted by Crippen LogP contribution is 2.39. The zero-order valence-corrected chi connectivity index (χ0v) is 25.5. The fraction of sp³-hybridized carbons (Fsp3) is 0.484. The van der Waals surface area contributed by atoms with Crippen LogP contribution in [0.2, 0.25) is 0 Å². The van der Waals surface area contributed by atoms with E-state index in [4.69, 9.17) is 9.47 Å². The van der Waals surface area contributed by atoms with E-state index in [9.17, 15) is 14.7 Å². The fourth-order valence-electron chi connectivity index (χ4n) is 6.02. The molecule has 1 aliphatic heterocycles. The van der Waals surface area contributed by atoms with Crippen LogP contribution in [0.25, 0.3) is 21.8 Å². The Kier molecular flexibility index (Phi) is 7.10. The maximum atomic E-state index is 13.6. The first-order chi connectivity index (χ1) is 20.4. The number of anilines is 2. The first-order valence-corrected chi connectivity index (χ1v) is 14.7. The third kappa shape index (κ3) is 5.65. The second-order valence-corrected chi connectivity index (χ2v) is 12.6. The van der Waals surface area contributed by atoms with E-state index in [2.05, 4.69) is 20.4 Å². The minimum Gasteiger partial charge on any atom is -0.507 e. The molecule has 2 aliphatic rings. The van der Waals surface area contributed by atoms with E-state index in [1.165, 1.54) is 7.11 Å². The first kappa shape index (κ1) is 28.6.